The van der Waals surface area contributed by atoms with E-state index in [1.165, 1.54) is 0 Å². The maximum atomic E-state index is 12.4. The number of carbonyl (C=O) groups excluding carboxylic acids is 2. The Morgan fingerprint density at radius 3 is 2.48 bits per heavy atom. The molecule has 1 saturated heterocycles. The number of benzene rings is 1. The van der Waals surface area contributed by atoms with Crippen LogP contribution in [-0.4, -0.2) is 49.2 Å². The molecule has 5 nitrogen and oxygen atoms in total. The number of urea groups is 1. The number of hydrogen-bond acceptors (Lipinski definition) is 2. The van der Waals surface area contributed by atoms with E-state index >= 15 is 0 Å². The van der Waals surface area contributed by atoms with E-state index in [2.05, 4.69) is 5.32 Å². The first-order chi connectivity index (χ1) is 11.9. The molecule has 0 spiro atoms. The summed E-state index contributed by atoms with van der Waals surface area (Å²) >= 11 is 0. The number of nitrogens with zero attached hydrogens (tertiary/aromatic N) is 2. The van der Waals surface area contributed by atoms with Crippen LogP contribution in [0.1, 0.15) is 18.4 Å². The van der Waals surface area contributed by atoms with Crippen LogP contribution >= 0.6 is 0 Å². The van der Waals surface area contributed by atoms with Gasteiger partial charge >= 0.3 is 18.1 Å². The van der Waals surface area contributed by atoms with Crippen LogP contribution in [0, 0.1) is 5.92 Å². The molecule has 0 bridgehead atoms. The maximum absolute atomic E-state index is 12.4. The van der Waals surface area contributed by atoms with E-state index in [9.17, 15) is 22.8 Å². The molecule has 0 saturated carbocycles. The number of hydrogen-bond donors (Lipinski definition) is 1. The van der Waals surface area contributed by atoms with Crippen molar-refractivity contribution in [2.75, 3.05) is 31.1 Å². The fraction of sp³-hybridized carbons (Fsp3) is 0.529. The van der Waals surface area contributed by atoms with Crippen molar-refractivity contribution in [1.82, 2.24) is 10.2 Å². The van der Waals surface area contributed by atoms with Crippen molar-refractivity contribution in [3.8, 4) is 0 Å². The SMILES string of the molecule is O=C(NCC1CCN(C(=O)C(F)(F)F)CC1)N1CCc2ccccc21. The fourth-order valence-electron chi connectivity index (χ4n) is 3.40. The summed E-state index contributed by atoms with van der Waals surface area (Å²) in [5.74, 6) is -1.69. The molecular formula is C17H20F3N3O2. The summed E-state index contributed by atoms with van der Waals surface area (Å²) in [4.78, 5) is 26.1. The van der Waals surface area contributed by atoms with Crippen LogP contribution < -0.4 is 10.2 Å². The molecule has 2 aliphatic rings. The molecule has 136 valence electrons. The number of amides is 3. The number of carbonyl (C=O) groups is 2. The molecule has 25 heavy (non-hydrogen) atoms. The van der Waals surface area contributed by atoms with Gasteiger partial charge in [0.05, 0.1) is 0 Å². The van der Waals surface area contributed by atoms with Gasteiger partial charge in [0.2, 0.25) is 0 Å². The third-order valence-corrected chi connectivity index (χ3v) is 4.82. The molecule has 3 rings (SSSR count). The second-order valence-electron chi connectivity index (χ2n) is 6.45. The van der Waals surface area contributed by atoms with Crippen LogP contribution in [0.25, 0.3) is 0 Å². The first-order valence-corrected chi connectivity index (χ1v) is 8.35. The van der Waals surface area contributed by atoms with Gasteiger partial charge in [-0.05, 0) is 36.8 Å². The van der Waals surface area contributed by atoms with Gasteiger partial charge in [0.1, 0.15) is 0 Å². The van der Waals surface area contributed by atoms with E-state index in [-0.39, 0.29) is 25.0 Å². The normalized spacial score (nSPS) is 18.2. The molecule has 0 radical (unpaired) electrons. The zero-order valence-corrected chi connectivity index (χ0v) is 13.7. The van der Waals surface area contributed by atoms with Gasteiger partial charge in [-0.3, -0.25) is 9.69 Å². The summed E-state index contributed by atoms with van der Waals surface area (Å²) < 4.78 is 37.3. The van der Waals surface area contributed by atoms with Crippen LogP contribution in [0.15, 0.2) is 24.3 Å². The molecule has 0 atom stereocenters. The highest BCUT2D eigenvalue weighted by atomic mass is 19.4. The monoisotopic (exact) mass is 355 g/mol. The topological polar surface area (TPSA) is 52.7 Å². The fourth-order valence-corrected chi connectivity index (χ4v) is 3.40. The summed E-state index contributed by atoms with van der Waals surface area (Å²) in [6.45, 7) is 1.19. The third kappa shape index (κ3) is 3.88. The summed E-state index contributed by atoms with van der Waals surface area (Å²) in [5.41, 5.74) is 2.04. The van der Waals surface area contributed by atoms with Gasteiger partial charge in [-0.1, -0.05) is 18.2 Å². The average molecular weight is 355 g/mol. The van der Waals surface area contributed by atoms with Crippen molar-refractivity contribution in [3.63, 3.8) is 0 Å². The number of rotatable bonds is 2. The lowest BCUT2D eigenvalue weighted by molar-refractivity contribution is -0.186. The Hall–Kier alpha value is -2.25. The summed E-state index contributed by atoms with van der Waals surface area (Å²) in [6, 6.07) is 7.55. The van der Waals surface area contributed by atoms with E-state index in [4.69, 9.17) is 0 Å². The van der Waals surface area contributed by atoms with Crippen molar-refractivity contribution in [2.24, 2.45) is 5.92 Å². The number of fused-ring (bicyclic) bond motifs is 1. The molecule has 1 aromatic carbocycles. The molecule has 2 aliphatic heterocycles. The first-order valence-electron chi connectivity index (χ1n) is 8.35. The van der Waals surface area contributed by atoms with Gasteiger partial charge < -0.3 is 10.2 Å². The van der Waals surface area contributed by atoms with Crippen molar-refractivity contribution >= 4 is 17.6 Å². The van der Waals surface area contributed by atoms with Gasteiger partial charge in [-0.15, -0.1) is 0 Å². The van der Waals surface area contributed by atoms with E-state index in [0.717, 1.165) is 22.6 Å². The Morgan fingerprint density at radius 2 is 1.80 bits per heavy atom. The van der Waals surface area contributed by atoms with E-state index < -0.39 is 12.1 Å². The van der Waals surface area contributed by atoms with Gasteiger partial charge in [0.15, 0.2) is 0 Å². The highest BCUT2D eigenvalue weighted by Gasteiger charge is 2.43. The van der Waals surface area contributed by atoms with Gasteiger partial charge in [0, 0.05) is 31.9 Å². The molecular weight excluding hydrogens is 335 g/mol. The minimum atomic E-state index is -4.82. The number of para-hydroxylation sites is 1. The summed E-state index contributed by atoms with van der Waals surface area (Å²) in [6.07, 6.45) is -3.08. The van der Waals surface area contributed by atoms with E-state index in [1.807, 2.05) is 24.3 Å². The molecule has 1 N–H and O–H groups in total. The molecule has 2 heterocycles. The van der Waals surface area contributed by atoms with Crippen molar-refractivity contribution in [3.05, 3.63) is 29.8 Å². The van der Waals surface area contributed by atoms with Gasteiger partial charge in [-0.25, -0.2) is 4.79 Å². The lowest BCUT2D eigenvalue weighted by atomic mass is 9.97. The largest absolute Gasteiger partial charge is 0.471 e. The smallest absolute Gasteiger partial charge is 0.337 e. The minimum Gasteiger partial charge on any atom is -0.337 e. The lowest BCUT2D eigenvalue weighted by Gasteiger charge is -2.32. The quantitative estimate of drug-likeness (QED) is 0.887. The van der Waals surface area contributed by atoms with Crippen molar-refractivity contribution in [1.29, 1.82) is 0 Å². The van der Waals surface area contributed by atoms with E-state index in [1.54, 1.807) is 4.90 Å². The summed E-state index contributed by atoms with van der Waals surface area (Å²) in [5, 5.41) is 2.87. The standard InChI is InChI=1S/C17H20F3N3O2/c18-17(19,20)15(24)22-8-5-12(6-9-22)11-21-16(25)23-10-7-13-3-1-2-4-14(13)23/h1-4,12H,5-11H2,(H,21,25). The molecule has 0 aromatic heterocycles. The van der Waals surface area contributed by atoms with Gasteiger partial charge in [-0.2, -0.15) is 13.2 Å². The van der Waals surface area contributed by atoms with Crippen LogP contribution in [0.4, 0.5) is 23.7 Å². The minimum absolute atomic E-state index is 0.0748. The predicted molar refractivity (Wildman–Crippen MR) is 86.2 cm³/mol. The van der Waals surface area contributed by atoms with Crippen LogP contribution in [-0.2, 0) is 11.2 Å². The Morgan fingerprint density at radius 1 is 1.12 bits per heavy atom. The van der Waals surface area contributed by atoms with E-state index in [0.29, 0.717) is 25.9 Å². The highest BCUT2D eigenvalue weighted by Crippen LogP contribution is 2.27. The number of alkyl halides is 3. The number of anilines is 1. The van der Waals surface area contributed by atoms with Crippen LogP contribution in [0.2, 0.25) is 0 Å². The molecule has 1 aromatic rings. The predicted octanol–water partition coefficient (Wildman–Crippen LogP) is 2.56. The van der Waals surface area contributed by atoms with Crippen molar-refractivity contribution in [2.45, 2.75) is 25.4 Å². The molecule has 0 unspecified atom stereocenters. The zero-order chi connectivity index (χ0) is 18.0. The number of nitrogens with one attached hydrogen (secondary N) is 1. The Kier molecular flexibility index (Phi) is 4.87. The average Bonchev–Trinajstić information content (AvgIpc) is 3.03. The molecule has 1 fully saturated rings. The molecule has 8 heteroatoms. The summed E-state index contributed by atoms with van der Waals surface area (Å²) in [7, 11) is 0. The van der Waals surface area contributed by atoms with Gasteiger partial charge in [0.25, 0.3) is 0 Å². The highest BCUT2D eigenvalue weighted by molar-refractivity contribution is 5.94. The zero-order valence-electron chi connectivity index (χ0n) is 13.7. The van der Waals surface area contributed by atoms with Crippen LogP contribution in [0.5, 0.6) is 0 Å². The molecule has 0 aliphatic carbocycles. The Bertz CT molecular complexity index is 655. The third-order valence-electron chi connectivity index (χ3n) is 4.82. The number of likely N-dealkylation sites (tertiary alicyclic amines) is 1. The second kappa shape index (κ2) is 6.93. The first kappa shape index (κ1) is 17.6. The lowest BCUT2D eigenvalue weighted by Crippen LogP contribution is -2.47. The maximum Gasteiger partial charge on any atom is 0.471 e. The number of halogens is 3. The molecule has 3 amide bonds. The number of piperidine rings is 1. The second-order valence-corrected chi connectivity index (χ2v) is 6.45. The van der Waals surface area contributed by atoms with Crippen LogP contribution in [0.3, 0.4) is 0 Å². The van der Waals surface area contributed by atoms with Crippen molar-refractivity contribution < 1.29 is 22.8 Å². The Balaban J connectivity index is 1.46. The Labute approximate surface area is 143 Å².